The first-order valence-electron chi connectivity index (χ1n) is 7.95. The van der Waals surface area contributed by atoms with Gasteiger partial charge in [0.15, 0.2) is 0 Å². The van der Waals surface area contributed by atoms with E-state index < -0.39 is 0 Å². The lowest BCUT2D eigenvalue weighted by molar-refractivity contribution is -0.135. The second-order valence-electron chi connectivity index (χ2n) is 6.27. The number of pyridine rings is 1. The minimum atomic E-state index is -0.300. The van der Waals surface area contributed by atoms with E-state index in [2.05, 4.69) is 0 Å². The molecule has 0 amide bonds. The van der Waals surface area contributed by atoms with Gasteiger partial charge in [-0.05, 0) is 24.6 Å². The predicted molar refractivity (Wildman–Crippen MR) is 92.5 cm³/mol. The number of aromatic nitrogens is 1. The Morgan fingerprint density at radius 2 is 1.75 bits per heavy atom. The molecule has 2 aromatic carbocycles. The van der Waals surface area contributed by atoms with Gasteiger partial charge in [-0.2, -0.15) is 0 Å². The van der Waals surface area contributed by atoms with Crippen LogP contribution in [0.1, 0.15) is 29.0 Å². The highest BCUT2D eigenvalue weighted by Gasteiger charge is 2.33. The standard InChI is InChI=1S/C20H17NO3/c1-12-7-9-13(10-8-12)15-11-17(22)24-19-14-5-3-4-6-16(14)21(2)20(23)18(15)19/h3-10,15H,11H2,1-2H3. The summed E-state index contributed by atoms with van der Waals surface area (Å²) in [7, 11) is 1.76. The number of benzene rings is 2. The van der Waals surface area contributed by atoms with E-state index in [1.54, 1.807) is 11.6 Å². The Labute approximate surface area is 139 Å². The number of fused-ring (bicyclic) bond motifs is 3. The summed E-state index contributed by atoms with van der Waals surface area (Å²) in [5.74, 6) is -0.160. The van der Waals surface area contributed by atoms with Gasteiger partial charge in [-0.1, -0.05) is 42.0 Å². The van der Waals surface area contributed by atoms with Crippen LogP contribution < -0.4 is 10.3 Å². The first-order valence-corrected chi connectivity index (χ1v) is 7.95. The van der Waals surface area contributed by atoms with E-state index in [9.17, 15) is 9.59 Å². The van der Waals surface area contributed by atoms with Gasteiger partial charge < -0.3 is 9.30 Å². The molecule has 0 N–H and O–H groups in total. The zero-order valence-electron chi connectivity index (χ0n) is 13.6. The highest BCUT2D eigenvalue weighted by atomic mass is 16.5. The summed E-state index contributed by atoms with van der Waals surface area (Å²) >= 11 is 0. The molecule has 1 aliphatic rings. The van der Waals surface area contributed by atoms with Crippen LogP contribution in [0, 0.1) is 6.92 Å². The number of ether oxygens (including phenoxy) is 1. The monoisotopic (exact) mass is 319 g/mol. The van der Waals surface area contributed by atoms with Crippen LogP contribution in [-0.2, 0) is 11.8 Å². The van der Waals surface area contributed by atoms with Crippen molar-refractivity contribution in [2.45, 2.75) is 19.3 Å². The Balaban J connectivity index is 2.05. The second kappa shape index (κ2) is 5.34. The number of hydrogen-bond acceptors (Lipinski definition) is 3. The van der Waals surface area contributed by atoms with Crippen molar-refractivity contribution >= 4 is 16.9 Å². The van der Waals surface area contributed by atoms with Crippen LogP contribution in [0.2, 0.25) is 0 Å². The van der Waals surface area contributed by atoms with Gasteiger partial charge in [0.2, 0.25) is 0 Å². The third-order valence-corrected chi connectivity index (χ3v) is 4.70. The first kappa shape index (κ1) is 14.7. The van der Waals surface area contributed by atoms with E-state index in [0.29, 0.717) is 11.3 Å². The smallest absolute Gasteiger partial charge is 0.312 e. The number of nitrogens with zero attached hydrogens (tertiary/aromatic N) is 1. The molecule has 1 atom stereocenters. The summed E-state index contributed by atoms with van der Waals surface area (Å²) in [5, 5.41) is 0.791. The van der Waals surface area contributed by atoms with Gasteiger partial charge in [-0.15, -0.1) is 0 Å². The van der Waals surface area contributed by atoms with Crippen molar-refractivity contribution in [1.82, 2.24) is 4.57 Å². The molecule has 0 bridgehead atoms. The van der Waals surface area contributed by atoms with Gasteiger partial charge in [0.05, 0.1) is 17.5 Å². The van der Waals surface area contributed by atoms with E-state index in [-0.39, 0.29) is 23.9 Å². The molecule has 0 saturated heterocycles. The number of carbonyl (C=O) groups is 1. The molecule has 120 valence electrons. The van der Waals surface area contributed by atoms with Crippen LogP contribution in [0.15, 0.2) is 53.3 Å². The first-order chi connectivity index (χ1) is 11.6. The molecule has 1 aliphatic heterocycles. The summed E-state index contributed by atoms with van der Waals surface area (Å²) in [6, 6.07) is 15.5. The van der Waals surface area contributed by atoms with Crippen LogP contribution in [0.25, 0.3) is 10.9 Å². The topological polar surface area (TPSA) is 48.3 Å². The van der Waals surface area contributed by atoms with E-state index >= 15 is 0 Å². The molecule has 0 saturated carbocycles. The van der Waals surface area contributed by atoms with Gasteiger partial charge in [0, 0.05) is 18.4 Å². The minimum Gasteiger partial charge on any atom is -0.425 e. The number of rotatable bonds is 1. The van der Waals surface area contributed by atoms with Gasteiger partial charge >= 0.3 is 5.97 Å². The molecule has 24 heavy (non-hydrogen) atoms. The van der Waals surface area contributed by atoms with Crippen LogP contribution >= 0.6 is 0 Å². The molecule has 0 fully saturated rings. The van der Waals surface area contributed by atoms with Crippen molar-refractivity contribution < 1.29 is 9.53 Å². The lowest BCUT2D eigenvalue weighted by Crippen LogP contribution is -2.31. The molecule has 1 unspecified atom stereocenters. The maximum Gasteiger partial charge on any atom is 0.312 e. The Kier molecular flexibility index (Phi) is 3.27. The minimum absolute atomic E-state index is 0.109. The molecule has 4 rings (SSSR count). The fourth-order valence-corrected chi connectivity index (χ4v) is 3.42. The van der Waals surface area contributed by atoms with Gasteiger partial charge in [0.1, 0.15) is 5.75 Å². The van der Waals surface area contributed by atoms with E-state index in [1.165, 1.54) is 0 Å². The maximum atomic E-state index is 13.0. The van der Waals surface area contributed by atoms with Crippen LogP contribution in [0.5, 0.6) is 5.75 Å². The molecule has 0 aliphatic carbocycles. The number of hydrogen-bond donors (Lipinski definition) is 0. The lowest BCUT2D eigenvalue weighted by atomic mass is 9.86. The third kappa shape index (κ3) is 2.14. The molecule has 4 nitrogen and oxygen atoms in total. The highest BCUT2D eigenvalue weighted by Crippen LogP contribution is 2.40. The lowest BCUT2D eigenvalue weighted by Gasteiger charge is -2.26. The SMILES string of the molecule is Cc1ccc(C2CC(=O)Oc3c2c(=O)n(C)c2ccccc32)cc1. The molecule has 2 heterocycles. The van der Waals surface area contributed by atoms with Crippen molar-refractivity contribution in [3.05, 3.63) is 75.6 Å². The van der Waals surface area contributed by atoms with Crippen LogP contribution in [0.4, 0.5) is 0 Å². The van der Waals surface area contributed by atoms with E-state index in [0.717, 1.165) is 22.0 Å². The molecule has 0 radical (unpaired) electrons. The van der Waals surface area contributed by atoms with Gasteiger partial charge in [0.25, 0.3) is 5.56 Å². The quantitative estimate of drug-likeness (QED) is 0.647. The summed E-state index contributed by atoms with van der Waals surface area (Å²) in [4.78, 5) is 25.1. The summed E-state index contributed by atoms with van der Waals surface area (Å²) in [6.45, 7) is 2.01. The Morgan fingerprint density at radius 1 is 1.04 bits per heavy atom. The highest BCUT2D eigenvalue weighted by molar-refractivity contribution is 5.91. The zero-order chi connectivity index (χ0) is 16.8. The Bertz CT molecular complexity index is 1020. The number of esters is 1. The second-order valence-corrected chi connectivity index (χ2v) is 6.27. The van der Waals surface area contributed by atoms with Crippen molar-refractivity contribution in [3.63, 3.8) is 0 Å². The maximum absolute atomic E-state index is 13.0. The fourth-order valence-electron chi connectivity index (χ4n) is 3.42. The average Bonchev–Trinajstić information content (AvgIpc) is 2.59. The fraction of sp³-hybridized carbons (Fsp3) is 0.200. The molecule has 3 aromatic rings. The van der Waals surface area contributed by atoms with Gasteiger partial charge in [-0.3, -0.25) is 9.59 Å². The predicted octanol–water partition coefficient (Wildman–Crippen LogP) is 3.29. The van der Waals surface area contributed by atoms with Crippen molar-refractivity contribution in [2.24, 2.45) is 7.05 Å². The Morgan fingerprint density at radius 3 is 2.50 bits per heavy atom. The molecular formula is C20H17NO3. The van der Waals surface area contributed by atoms with Crippen molar-refractivity contribution in [3.8, 4) is 5.75 Å². The molecule has 4 heteroatoms. The van der Waals surface area contributed by atoms with Gasteiger partial charge in [-0.25, -0.2) is 0 Å². The number of aryl methyl sites for hydroxylation is 2. The normalized spacial score (nSPS) is 16.8. The average molecular weight is 319 g/mol. The van der Waals surface area contributed by atoms with Crippen molar-refractivity contribution in [2.75, 3.05) is 0 Å². The number of para-hydroxylation sites is 1. The molecule has 1 aromatic heterocycles. The zero-order valence-corrected chi connectivity index (χ0v) is 13.6. The van der Waals surface area contributed by atoms with Crippen molar-refractivity contribution in [1.29, 1.82) is 0 Å². The molecular weight excluding hydrogens is 302 g/mol. The number of carbonyl (C=O) groups excluding carboxylic acids is 1. The summed E-state index contributed by atoms with van der Waals surface area (Å²) in [5.41, 5.74) is 3.33. The largest absolute Gasteiger partial charge is 0.425 e. The summed E-state index contributed by atoms with van der Waals surface area (Å²) in [6.07, 6.45) is 0.184. The Hall–Kier alpha value is -2.88. The van der Waals surface area contributed by atoms with E-state index in [1.807, 2.05) is 55.5 Å². The molecule has 0 spiro atoms. The third-order valence-electron chi connectivity index (χ3n) is 4.70. The van der Waals surface area contributed by atoms with Crippen LogP contribution in [-0.4, -0.2) is 10.5 Å². The van der Waals surface area contributed by atoms with Crippen LogP contribution in [0.3, 0.4) is 0 Å². The van der Waals surface area contributed by atoms with E-state index in [4.69, 9.17) is 4.74 Å². The summed E-state index contributed by atoms with van der Waals surface area (Å²) < 4.78 is 7.14.